The number of Topliss-reactive ketones (excluding diaryl/α,β-unsaturated/α-hetero) is 1. The Bertz CT molecular complexity index is 968. The summed E-state index contributed by atoms with van der Waals surface area (Å²) in [7, 11) is 0. The molecule has 6 nitrogen and oxygen atoms in total. The van der Waals surface area contributed by atoms with Crippen molar-refractivity contribution < 1.29 is 19.1 Å². The molecule has 1 aliphatic heterocycles. The second-order valence-corrected chi connectivity index (χ2v) is 6.99. The maximum absolute atomic E-state index is 13.1. The first-order valence-corrected chi connectivity index (χ1v) is 9.30. The van der Waals surface area contributed by atoms with Crippen molar-refractivity contribution in [3.05, 3.63) is 76.9 Å². The Morgan fingerprint density at radius 3 is 2.69 bits per heavy atom. The molecule has 29 heavy (non-hydrogen) atoms. The fourth-order valence-electron chi connectivity index (χ4n) is 3.17. The normalized spacial score (nSPS) is 14.3. The van der Waals surface area contributed by atoms with Crippen molar-refractivity contribution in [2.24, 2.45) is 4.99 Å². The van der Waals surface area contributed by atoms with E-state index in [4.69, 9.17) is 5.11 Å². The number of carbonyl (C=O) groups is 2. The molecule has 1 aromatic carbocycles. The number of aromatic nitrogens is 1. The Morgan fingerprint density at radius 2 is 2.00 bits per heavy atom. The summed E-state index contributed by atoms with van der Waals surface area (Å²) in [5, 5.41) is 11.7. The zero-order valence-electron chi connectivity index (χ0n) is 16.1. The maximum Gasteiger partial charge on any atom is 0.317 e. The van der Waals surface area contributed by atoms with Crippen molar-refractivity contribution >= 4 is 17.5 Å². The van der Waals surface area contributed by atoms with E-state index in [9.17, 15) is 14.0 Å². The van der Waals surface area contributed by atoms with Crippen LogP contribution in [0.5, 0.6) is 0 Å². The van der Waals surface area contributed by atoms with Crippen LogP contribution in [0.2, 0.25) is 0 Å². The molecule has 1 aliphatic rings. The maximum atomic E-state index is 13.1. The molecule has 0 saturated heterocycles. The number of nitrogens with zero attached hydrogens (tertiary/aromatic N) is 2. The number of hydrogen-bond acceptors (Lipinski definition) is 5. The molecule has 0 bridgehead atoms. The van der Waals surface area contributed by atoms with Crippen LogP contribution in [0.15, 0.2) is 59.2 Å². The number of nitrogens with one attached hydrogen (secondary N) is 1. The Morgan fingerprint density at radius 1 is 1.24 bits per heavy atom. The minimum absolute atomic E-state index is 0.121. The fraction of sp³-hybridized carbons (Fsp3) is 0.273. The summed E-state index contributed by atoms with van der Waals surface area (Å²) in [5.74, 6) is -1.52. The SMILES string of the molecule is Cc1cc(C2=NCC(CC(=O)[C@H](Cc3ccc(F)cc3)NCC(=O)O)=C2)ccn1. The van der Waals surface area contributed by atoms with Gasteiger partial charge in [-0.3, -0.25) is 24.9 Å². The number of aliphatic carboxylic acids is 1. The van der Waals surface area contributed by atoms with Crippen LogP contribution in [-0.4, -0.2) is 46.7 Å². The summed E-state index contributed by atoms with van der Waals surface area (Å²) in [6.07, 6.45) is 4.09. The van der Waals surface area contributed by atoms with Crippen molar-refractivity contribution in [3.63, 3.8) is 0 Å². The molecule has 7 heteroatoms. The molecule has 3 rings (SSSR count). The number of allylic oxidation sites excluding steroid dienone is 1. The van der Waals surface area contributed by atoms with E-state index in [1.54, 1.807) is 18.3 Å². The van der Waals surface area contributed by atoms with Gasteiger partial charge in [0, 0.05) is 23.9 Å². The number of pyridine rings is 1. The van der Waals surface area contributed by atoms with E-state index in [1.807, 2.05) is 25.1 Å². The number of carboxylic acids is 1. The van der Waals surface area contributed by atoms with Crippen LogP contribution in [0.1, 0.15) is 23.2 Å². The summed E-state index contributed by atoms with van der Waals surface area (Å²) in [6.45, 7) is 2.01. The number of aliphatic imine (C=N–C) groups is 1. The quantitative estimate of drug-likeness (QED) is 0.681. The zero-order valence-corrected chi connectivity index (χ0v) is 16.1. The van der Waals surface area contributed by atoms with Gasteiger partial charge in [0.2, 0.25) is 0 Å². The summed E-state index contributed by atoms with van der Waals surface area (Å²) >= 11 is 0. The van der Waals surface area contributed by atoms with Crippen LogP contribution >= 0.6 is 0 Å². The lowest BCUT2D eigenvalue weighted by Crippen LogP contribution is -2.41. The average Bonchev–Trinajstić information content (AvgIpc) is 3.15. The number of hydrogen-bond donors (Lipinski definition) is 2. The van der Waals surface area contributed by atoms with Crippen LogP contribution in [0.4, 0.5) is 4.39 Å². The Kier molecular flexibility index (Phi) is 6.61. The average molecular weight is 395 g/mol. The Balaban J connectivity index is 1.68. The van der Waals surface area contributed by atoms with Gasteiger partial charge >= 0.3 is 5.97 Å². The van der Waals surface area contributed by atoms with Crippen LogP contribution in [0.25, 0.3) is 0 Å². The molecule has 2 heterocycles. The molecular formula is C22H22FN3O3. The molecule has 2 N–H and O–H groups in total. The number of carbonyl (C=O) groups excluding carboxylic acids is 1. The molecule has 1 atom stereocenters. The second kappa shape index (κ2) is 9.34. The molecule has 150 valence electrons. The number of benzene rings is 1. The van der Waals surface area contributed by atoms with Gasteiger partial charge in [0.1, 0.15) is 5.82 Å². The topological polar surface area (TPSA) is 91.7 Å². The third-order valence-electron chi connectivity index (χ3n) is 4.63. The van der Waals surface area contributed by atoms with Crippen molar-refractivity contribution in [1.29, 1.82) is 0 Å². The van der Waals surface area contributed by atoms with E-state index in [0.29, 0.717) is 6.54 Å². The summed E-state index contributed by atoms with van der Waals surface area (Å²) < 4.78 is 13.1. The predicted octanol–water partition coefficient (Wildman–Crippen LogP) is 2.50. The molecule has 2 aromatic rings. The van der Waals surface area contributed by atoms with Crippen LogP contribution in [0, 0.1) is 12.7 Å². The van der Waals surface area contributed by atoms with Gasteiger partial charge in [0.25, 0.3) is 0 Å². The van der Waals surface area contributed by atoms with Gasteiger partial charge in [-0.05, 0) is 54.8 Å². The summed E-state index contributed by atoms with van der Waals surface area (Å²) in [6, 6.07) is 8.98. The number of carboxylic acid groups (broad SMARTS) is 1. The number of halogens is 1. The second-order valence-electron chi connectivity index (χ2n) is 6.99. The first-order chi connectivity index (χ1) is 13.9. The standard InChI is InChI=1S/C22H22FN3O3/c1-14-8-17(6-7-24-14)19-10-16(12-25-19)11-21(27)20(26-13-22(28)29)9-15-2-4-18(23)5-3-15/h2-8,10,20,26H,9,11-13H2,1H3,(H,28,29)/t20-/m0/s1. The highest BCUT2D eigenvalue weighted by atomic mass is 19.1. The molecule has 0 fully saturated rings. The lowest BCUT2D eigenvalue weighted by atomic mass is 9.97. The number of aryl methyl sites for hydroxylation is 1. The van der Waals surface area contributed by atoms with Crippen LogP contribution in [0.3, 0.4) is 0 Å². The molecule has 0 aliphatic carbocycles. The number of rotatable bonds is 9. The lowest BCUT2D eigenvalue weighted by molar-refractivity contribution is -0.136. The summed E-state index contributed by atoms with van der Waals surface area (Å²) in [5.41, 5.74) is 4.28. The van der Waals surface area contributed by atoms with Gasteiger partial charge in [0.05, 0.1) is 24.8 Å². The lowest BCUT2D eigenvalue weighted by Gasteiger charge is -2.17. The van der Waals surface area contributed by atoms with E-state index >= 15 is 0 Å². The monoisotopic (exact) mass is 395 g/mol. The van der Waals surface area contributed by atoms with Crippen molar-refractivity contribution in [2.75, 3.05) is 13.1 Å². The molecule has 0 radical (unpaired) electrons. The molecule has 0 saturated carbocycles. The largest absolute Gasteiger partial charge is 0.480 e. The van der Waals surface area contributed by atoms with Gasteiger partial charge in [0.15, 0.2) is 5.78 Å². The molecular weight excluding hydrogens is 373 g/mol. The molecule has 0 spiro atoms. The first kappa shape index (κ1) is 20.5. The van der Waals surface area contributed by atoms with E-state index < -0.39 is 12.0 Å². The predicted molar refractivity (Wildman–Crippen MR) is 108 cm³/mol. The van der Waals surface area contributed by atoms with E-state index in [-0.39, 0.29) is 31.0 Å². The van der Waals surface area contributed by atoms with E-state index in [2.05, 4.69) is 15.3 Å². The van der Waals surface area contributed by atoms with Gasteiger partial charge in [-0.2, -0.15) is 0 Å². The zero-order chi connectivity index (χ0) is 20.8. The fourth-order valence-corrected chi connectivity index (χ4v) is 3.17. The molecule has 1 aromatic heterocycles. The van der Waals surface area contributed by atoms with E-state index in [0.717, 1.165) is 28.1 Å². The van der Waals surface area contributed by atoms with E-state index in [1.165, 1.54) is 12.1 Å². The Labute approximate surface area is 168 Å². The minimum Gasteiger partial charge on any atom is -0.480 e. The van der Waals surface area contributed by atoms with Crippen molar-refractivity contribution in [1.82, 2.24) is 10.3 Å². The molecule has 0 unspecified atom stereocenters. The van der Waals surface area contributed by atoms with Gasteiger partial charge < -0.3 is 5.11 Å². The highest BCUT2D eigenvalue weighted by Gasteiger charge is 2.22. The van der Waals surface area contributed by atoms with Crippen molar-refractivity contribution in [2.45, 2.75) is 25.8 Å². The third kappa shape index (κ3) is 5.89. The smallest absolute Gasteiger partial charge is 0.317 e. The van der Waals surface area contributed by atoms with Crippen molar-refractivity contribution in [3.8, 4) is 0 Å². The highest BCUT2D eigenvalue weighted by Crippen LogP contribution is 2.17. The van der Waals surface area contributed by atoms with Crippen LogP contribution < -0.4 is 5.32 Å². The highest BCUT2D eigenvalue weighted by molar-refractivity contribution is 6.11. The van der Waals surface area contributed by atoms with Crippen LogP contribution in [-0.2, 0) is 16.0 Å². The van der Waals surface area contributed by atoms with Gasteiger partial charge in [-0.15, -0.1) is 0 Å². The third-order valence-corrected chi connectivity index (χ3v) is 4.63. The number of ketones is 1. The summed E-state index contributed by atoms with van der Waals surface area (Å²) in [4.78, 5) is 32.5. The van der Waals surface area contributed by atoms with Gasteiger partial charge in [-0.1, -0.05) is 12.1 Å². The Hall–Kier alpha value is -3.19. The minimum atomic E-state index is -1.04. The molecule has 0 amide bonds. The first-order valence-electron chi connectivity index (χ1n) is 9.30. The van der Waals surface area contributed by atoms with Gasteiger partial charge in [-0.25, -0.2) is 4.39 Å².